The van der Waals surface area contributed by atoms with Gasteiger partial charge in [0.2, 0.25) is 17.6 Å². The normalized spacial score (nSPS) is 10.8. The van der Waals surface area contributed by atoms with Crippen LogP contribution in [-0.4, -0.2) is 27.4 Å². The third-order valence-electron chi connectivity index (χ3n) is 2.96. The van der Waals surface area contributed by atoms with Crippen molar-refractivity contribution in [3.8, 4) is 11.4 Å². The van der Waals surface area contributed by atoms with Crippen molar-refractivity contribution in [2.24, 2.45) is 0 Å². The smallest absolute Gasteiger partial charge is 0.318 e. The van der Waals surface area contributed by atoms with Crippen LogP contribution in [0.3, 0.4) is 0 Å². The molecule has 0 radical (unpaired) electrons. The minimum atomic E-state index is 0.408. The Balaban J connectivity index is 1.72. The van der Waals surface area contributed by atoms with Gasteiger partial charge in [-0.1, -0.05) is 47.5 Å². The first-order valence-corrected chi connectivity index (χ1v) is 6.67. The summed E-state index contributed by atoms with van der Waals surface area (Å²) in [6.45, 7) is 2.37. The summed E-state index contributed by atoms with van der Waals surface area (Å²) in [7, 11) is 1.83. The highest BCUT2D eigenvalue weighted by Gasteiger charge is 2.14. The highest BCUT2D eigenvalue weighted by atomic mass is 16.5. The van der Waals surface area contributed by atoms with Crippen molar-refractivity contribution in [1.29, 1.82) is 0 Å². The number of hydrogen-bond donors (Lipinski definition) is 0. The van der Waals surface area contributed by atoms with Crippen molar-refractivity contribution in [2.75, 3.05) is 11.9 Å². The quantitative estimate of drug-likeness (QED) is 0.711. The summed E-state index contributed by atoms with van der Waals surface area (Å²) in [5.41, 5.74) is 0.918. The zero-order chi connectivity index (χ0) is 14.7. The summed E-state index contributed by atoms with van der Waals surface area (Å²) in [6, 6.07) is 10.1. The second kappa shape index (κ2) is 5.74. The van der Waals surface area contributed by atoms with Crippen LogP contribution < -0.4 is 4.90 Å². The van der Waals surface area contributed by atoms with E-state index >= 15 is 0 Å². The summed E-state index contributed by atoms with van der Waals surface area (Å²) in [4.78, 5) is 6.14. The molecule has 2 heterocycles. The number of nitrogens with zero attached hydrogens (tertiary/aromatic N) is 5. The molecule has 0 aliphatic heterocycles. The lowest BCUT2D eigenvalue weighted by Crippen LogP contribution is -2.16. The summed E-state index contributed by atoms with van der Waals surface area (Å²) in [5, 5.41) is 11.9. The second-order valence-corrected chi connectivity index (χ2v) is 4.57. The lowest BCUT2D eigenvalue weighted by atomic mass is 10.2. The Labute approximate surface area is 121 Å². The van der Waals surface area contributed by atoms with E-state index in [2.05, 4.69) is 20.3 Å². The Morgan fingerprint density at radius 3 is 2.62 bits per heavy atom. The number of hydrogen-bond acceptors (Lipinski definition) is 7. The van der Waals surface area contributed by atoms with Crippen molar-refractivity contribution in [2.45, 2.75) is 19.9 Å². The molecular formula is C14H15N5O2. The Hall–Kier alpha value is -2.70. The van der Waals surface area contributed by atoms with Crippen LogP contribution in [0.25, 0.3) is 11.4 Å². The molecule has 1 aromatic carbocycles. The van der Waals surface area contributed by atoms with E-state index in [0.717, 1.165) is 5.56 Å². The van der Waals surface area contributed by atoms with E-state index in [9.17, 15) is 0 Å². The van der Waals surface area contributed by atoms with Crippen LogP contribution in [0.4, 0.5) is 6.01 Å². The van der Waals surface area contributed by atoms with Crippen LogP contribution in [0.15, 0.2) is 39.3 Å². The largest absolute Gasteiger partial charge is 0.408 e. The van der Waals surface area contributed by atoms with E-state index in [1.807, 2.05) is 44.3 Å². The van der Waals surface area contributed by atoms with Crippen LogP contribution in [0.1, 0.15) is 18.7 Å². The van der Waals surface area contributed by atoms with Crippen molar-refractivity contribution in [3.05, 3.63) is 42.1 Å². The average Bonchev–Trinajstić information content (AvgIpc) is 3.17. The van der Waals surface area contributed by atoms with Gasteiger partial charge in [0, 0.05) is 19.0 Å². The van der Waals surface area contributed by atoms with Crippen molar-refractivity contribution in [3.63, 3.8) is 0 Å². The molecular weight excluding hydrogens is 270 g/mol. The van der Waals surface area contributed by atoms with Gasteiger partial charge >= 0.3 is 6.01 Å². The molecule has 2 aromatic heterocycles. The minimum Gasteiger partial charge on any atom is -0.408 e. The topological polar surface area (TPSA) is 81.1 Å². The Kier molecular flexibility index (Phi) is 3.63. The van der Waals surface area contributed by atoms with Crippen molar-refractivity contribution < 1.29 is 8.94 Å². The van der Waals surface area contributed by atoms with Gasteiger partial charge in [0.1, 0.15) is 6.54 Å². The molecule has 0 atom stereocenters. The molecule has 0 aliphatic carbocycles. The van der Waals surface area contributed by atoms with Gasteiger partial charge in [-0.05, 0) is 0 Å². The SMILES string of the molecule is CCc1nnc(N(C)Cc2nc(-c3ccccc3)no2)o1. The molecule has 0 aliphatic rings. The predicted molar refractivity (Wildman–Crippen MR) is 75.5 cm³/mol. The van der Waals surface area contributed by atoms with Gasteiger partial charge in [-0.15, -0.1) is 5.10 Å². The molecule has 0 fully saturated rings. The second-order valence-electron chi connectivity index (χ2n) is 4.57. The first-order valence-electron chi connectivity index (χ1n) is 6.67. The first-order chi connectivity index (χ1) is 10.3. The third kappa shape index (κ3) is 2.91. The lowest BCUT2D eigenvalue weighted by molar-refractivity contribution is 0.374. The van der Waals surface area contributed by atoms with Gasteiger partial charge in [-0.3, -0.25) is 0 Å². The molecule has 0 unspecified atom stereocenters. The van der Waals surface area contributed by atoms with Gasteiger partial charge in [-0.25, -0.2) is 0 Å². The van der Waals surface area contributed by atoms with E-state index < -0.39 is 0 Å². The number of aromatic nitrogens is 4. The van der Waals surface area contributed by atoms with Crippen LogP contribution in [0.2, 0.25) is 0 Å². The van der Waals surface area contributed by atoms with Crippen LogP contribution >= 0.6 is 0 Å². The monoisotopic (exact) mass is 285 g/mol. The maximum atomic E-state index is 5.47. The molecule has 3 rings (SSSR count). The molecule has 3 aromatic rings. The van der Waals surface area contributed by atoms with Gasteiger partial charge < -0.3 is 13.8 Å². The van der Waals surface area contributed by atoms with Crippen molar-refractivity contribution in [1.82, 2.24) is 20.3 Å². The fourth-order valence-electron chi connectivity index (χ4n) is 1.84. The molecule has 0 saturated heterocycles. The fraction of sp³-hybridized carbons (Fsp3) is 0.286. The number of rotatable bonds is 5. The average molecular weight is 285 g/mol. The van der Waals surface area contributed by atoms with Crippen LogP contribution in [0, 0.1) is 0 Å². The van der Waals surface area contributed by atoms with Crippen LogP contribution in [-0.2, 0) is 13.0 Å². The zero-order valence-electron chi connectivity index (χ0n) is 11.9. The highest BCUT2D eigenvalue weighted by molar-refractivity contribution is 5.53. The summed E-state index contributed by atoms with van der Waals surface area (Å²) in [5.74, 6) is 1.67. The summed E-state index contributed by atoms with van der Waals surface area (Å²) in [6.07, 6.45) is 0.708. The van der Waals surface area contributed by atoms with E-state index in [-0.39, 0.29) is 0 Å². The minimum absolute atomic E-state index is 0.408. The summed E-state index contributed by atoms with van der Waals surface area (Å²) < 4.78 is 10.7. The zero-order valence-corrected chi connectivity index (χ0v) is 11.9. The molecule has 0 bridgehead atoms. The molecule has 0 spiro atoms. The highest BCUT2D eigenvalue weighted by Crippen LogP contribution is 2.17. The predicted octanol–water partition coefficient (Wildman–Crippen LogP) is 2.32. The number of aryl methyl sites for hydroxylation is 1. The van der Waals surface area contributed by atoms with E-state index in [4.69, 9.17) is 8.94 Å². The van der Waals surface area contributed by atoms with Crippen molar-refractivity contribution >= 4 is 6.01 Å². The van der Waals surface area contributed by atoms with Gasteiger partial charge in [0.05, 0.1) is 0 Å². The Bertz CT molecular complexity index is 707. The summed E-state index contributed by atoms with van der Waals surface area (Å²) >= 11 is 0. The molecule has 7 nitrogen and oxygen atoms in total. The molecule has 0 amide bonds. The Morgan fingerprint density at radius 1 is 1.10 bits per heavy atom. The van der Waals surface area contributed by atoms with Gasteiger partial charge in [-0.2, -0.15) is 4.98 Å². The lowest BCUT2D eigenvalue weighted by Gasteiger charge is -2.09. The van der Waals surface area contributed by atoms with Gasteiger partial charge in [0.15, 0.2) is 0 Å². The molecule has 0 N–H and O–H groups in total. The number of benzene rings is 1. The maximum absolute atomic E-state index is 5.47. The number of anilines is 1. The molecule has 7 heteroatoms. The molecule has 0 saturated carbocycles. The molecule has 108 valence electrons. The maximum Gasteiger partial charge on any atom is 0.318 e. The Morgan fingerprint density at radius 2 is 1.90 bits per heavy atom. The standard InChI is InChI=1S/C14H15N5O2/c1-3-11-16-17-14(20-11)19(2)9-12-15-13(18-21-12)10-7-5-4-6-8-10/h4-8H,3,9H2,1-2H3. The van der Waals surface area contributed by atoms with E-state index in [1.165, 1.54) is 0 Å². The van der Waals surface area contributed by atoms with E-state index in [1.54, 1.807) is 4.90 Å². The molecule has 21 heavy (non-hydrogen) atoms. The third-order valence-corrected chi connectivity index (χ3v) is 2.96. The fourth-order valence-corrected chi connectivity index (χ4v) is 1.84. The van der Waals surface area contributed by atoms with E-state index in [0.29, 0.717) is 36.6 Å². The van der Waals surface area contributed by atoms with Gasteiger partial charge in [0.25, 0.3) is 0 Å². The van der Waals surface area contributed by atoms with Crippen LogP contribution in [0.5, 0.6) is 0 Å². The first kappa shape index (κ1) is 13.3.